The average Bonchev–Trinajstić information content (AvgIpc) is 2.53. The van der Waals surface area contributed by atoms with E-state index in [-0.39, 0.29) is 11.8 Å². The van der Waals surface area contributed by atoms with E-state index in [4.69, 9.17) is 4.98 Å². The molecule has 0 spiro atoms. The number of benzene rings is 1. The number of fused-ring (bicyclic) bond motifs is 1. The summed E-state index contributed by atoms with van der Waals surface area (Å²) in [4.78, 5) is 18.7. The van der Waals surface area contributed by atoms with Crippen molar-refractivity contribution in [2.75, 3.05) is 25.0 Å². The number of nitrogens with zero attached hydrogens (tertiary/aromatic N) is 2. The summed E-state index contributed by atoms with van der Waals surface area (Å²) in [6.07, 6.45) is 1.77. The lowest BCUT2D eigenvalue weighted by Gasteiger charge is -2.32. The summed E-state index contributed by atoms with van der Waals surface area (Å²) in [5, 5.41) is 3.88. The van der Waals surface area contributed by atoms with Gasteiger partial charge in [0.15, 0.2) is 0 Å². The Morgan fingerprint density at radius 2 is 2.00 bits per heavy atom. The fraction of sp³-hybridized carbons (Fsp3) is 0.375. The molecule has 0 saturated carbocycles. The number of carbonyl (C=O) groups excluding carboxylic acids is 1. The predicted molar refractivity (Wildman–Crippen MR) is 88.4 cm³/mol. The number of nitrogens with one attached hydrogen (secondary N) is 1. The molecule has 2 aromatic rings. The average molecular weight is 348 g/mol. The predicted octanol–water partition coefficient (Wildman–Crippen LogP) is 2.96. The molecular formula is C16H18BrN3O. The number of hydrogen-bond acceptors (Lipinski definition) is 3. The quantitative estimate of drug-likeness (QED) is 0.908. The summed E-state index contributed by atoms with van der Waals surface area (Å²) in [6, 6.07) is 10.3. The van der Waals surface area contributed by atoms with Crippen LogP contribution >= 0.6 is 15.9 Å². The van der Waals surface area contributed by atoms with Crippen LogP contribution in [-0.4, -0.2) is 31.0 Å². The summed E-state index contributed by atoms with van der Waals surface area (Å²) < 4.78 is 1.04. The van der Waals surface area contributed by atoms with Crippen LogP contribution in [0.2, 0.25) is 0 Å². The molecule has 0 bridgehead atoms. The molecule has 0 aliphatic carbocycles. The molecule has 1 fully saturated rings. The second-order valence-corrected chi connectivity index (χ2v) is 6.30. The number of aromatic nitrogens is 1. The maximum atomic E-state index is 11.7. The lowest BCUT2D eigenvalue weighted by molar-refractivity contribution is -0.125. The van der Waals surface area contributed by atoms with Crippen molar-refractivity contribution >= 4 is 38.6 Å². The van der Waals surface area contributed by atoms with Gasteiger partial charge in [0, 0.05) is 35.9 Å². The van der Waals surface area contributed by atoms with Gasteiger partial charge in [-0.15, -0.1) is 0 Å². The molecule has 21 heavy (non-hydrogen) atoms. The first-order chi connectivity index (χ1) is 10.2. The minimum atomic E-state index is 0.140. The number of pyridine rings is 1. The molecule has 1 amide bonds. The van der Waals surface area contributed by atoms with E-state index < -0.39 is 0 Å². The van der Waals surface area contributed by atoms with Gasteiger partial charge in [0.1, 0.15) is 5.82 Å². The van der Waals surface area contributed by atoms with E-state index in [2.05, 4.69) is 44.3 Å². The zero-order valence-electron chi connectivity index (χ0n) is 12.0. The van der Waals surface area contributed by atoms with Crippen molar-refractivity contribution in [2.24, 2.45) is 5.92 Å². The topological polar surface area (TPSA) is 45.2 Å². The van der Waals surface area contributed by atoms with Crippen LogP contribution in [0, 0.1) is 5.92 Å². The largest absolute Gasteiger partial charge is 0.359 e. The number of amides is 1. The van der Waals surface area contributed by atoms with Crippen molar-refractivity contribution in [2.45, 2.75) is 12.8 Å². The Morgan fingerprint density at radius 1 is 1.29 bits per heavy atom. The highest BCUT2D eigenvalue weighted by molar-refractivity contribution is 9.10. The minimum Gasteiger partial charge on any atom is -0.359 e. The molecule has 1 aliphatic heterocycles. The van der Waals surface area contributed by atoms with Gasteiger partial charge in [-0.2, -0.15) is 0 Å². The van der Waals surface area contributed by atoms with E-state index >= 15 is 0 Å². The van der Waals surface area contributed by atoms with E-state index in [9.17, 15) is 4.79 Å². The van der Waals surface area contributed by atoms with Crippen LogP contribution in [0.3, 0.4) is 0 Å². The van der Waals surface area contributed by atoms with Gasteiger partial charge in [-0.05, 0) is 37.1 Å². The molecular weight excluding hydrogens is 330 g/mol. The van der Waals surface area contributed by atoms with Gasteiger partial charge in [-0.25, -0.2) is 4.98 Å². The summed E-state index contributed by atoms with van der Waals surface area (Å²) in [6.45, 7) is 1.76. The van der Waals surface area contributed by atoms with Crippen LogP contribution in [0.4, 0.5) is 5.82 Å². The van der Waals surface area contributed by atoms with Gasteiger partial charge in [0.2, 0.25) is 5.91 Å². The molecule has 5 heteroatoms. The molecule has 0 radical (unpaired) electrons. The molecule has 2 heterocycles. The zero-order chi connectivity index (χ0) is 14.8. The number of anilines is 1. The van der Waals surface area contributed by atoms with E-state index in [0.29, 0.717) is 0 Å². The van der Waals surface area contributed by atoms with Crippen LogP contribution < -0.4 is 10.2 Å². The van der Waals surface area contributed by atoms with Crippen LogP contribution in [0.5, 0.6) is 0 Å². The van der Waals surface area contributed by atoms with Gasteiger partial charge in [-0.3, -0.25) is 4.79 Å². The van der Waals surface area contributed by atoms with Crippen LogP contribution in [-0.2, 0) is 4.79 Å². The Labute approximate surface area is 132 Å². The maximum Gasteiger partial charge on any atom is 0.222 e. The first-order valence-corrected chi connectivity index (χ1v) is 7.99. The van der Waals surface area contributed by atoms with Crippen molar-refractivity contribution < 1.29 is 4.79 Å². The first-order valence-electron chi connectivity index (χ1n) is 7.20. The zero-order valence-corrected chi connectivity index (χ0v) is 13.6. The van der Waals surface area contributed by atoms with Gasteiger partial charge < -0.3 is 10.2 Å². The molecule has 1 aromatic carbocycles. The van der Waals surface area contributed by atoms with E-state index in [1.165, 1.54) is 0 Å². The summed E-state index contributed by atoms with van der Waals surface area (Å²) in [5.74, 6) is 1.29. The maximum absolute atomic E-state index is 11.7. The highest BCUT2D eigenvalue weighted by atomic mass is 79.9. The number of hydrogen-bond donors (Lipinski definition) is 1. The van der Waals surface area contributed by atoms with Gasteiger partial charge >= 0.3 is 0 Å². The summed E-state index contributed by atoms with van der Waals surface area (Å²) in [5.41, 5.74) is 0.996. The third-order valence-electron chi connectivity index (χ3n) is 4.08. The van der Waals surface area contributed by atoms with E-state index in [1.54, 1.807) is 7.05 Å². The number of piperidine rings is 1. The first kappa shape index (κ1) is 14.3. The number of carbonyl (C=O) groups is 1. The summed E-state index contributed by atoms with van der Waals surface area (Å²) >= 11 is 3.49. The van der Waals surface area contributed by atoms with Crippen molar-refractivity contribution in [3.8, 4) is 0 Å². The Bertz CT molecular complexity index is 666. The highest BCUT2D eigenvalue weighted by Crippen LogP contribution is 2.25. The molecule has 0 unspecified atom stereocenters. The second kappa shape index (κ2) is 6.02. The fourth-order valence-corrected chi connectivity index (χ4v) is 3.18. The number of rotatable bonds is 2. The molecule has 3 rings (SSSR count). The van der Waals surface area contributed by atoms with Gasteiger partial charge in [-0.1, -0.05) is 22.0 Å². The highest BCUT2D eigenvalue weighted by Gasteiger charge is 2.24. The lowest BCUT2D eigenvalue weighted by Crippen LogP contribution is -2.39. The monoisotopic (exact) mass is 347 g/mol. The normalized spacial score (nSPS) is 16.2. The lowest BCUT2D eigenvalue weighted by atomic mass is 9.96. The van der Waals surface area contributed by atoms with Crippen molar-refractivity contribution in [1.29, 1.82) is 0 Å². The molecule has 1 aromatic heterocycles. The Morgan fingerprint density at radius 3 is 2.71 bits per heavy atom. The van der Waals surface area contributed by atoms with E-state index in [0.717, 1.165) is 47.1 Å². The second-order valence-electron chi connectivity index (χ2n) is 5.38. The molecule has 110 valence electrons. The molecule has 1 saturated heterocycles. The van der Waals surface area contributed by atoms with Gasteiger partial charge in [0.25, 0.3) is 0 Å². The van der Waals surface area contributed by atoms with Gasteiger partial charge in [0.05, 0.1) is 5.52 Å². The van der Waals surface area contributed by atoms with Crippen molar-refractivity contribution in [1.82, 2.24) is 10.3 Å². The molecule has 0 atom stereocenters. The number of halogens is 1. The SMILES string of the molecule is CNC(=O)C1CCN(c2ccc3ccc(Br)cc3n2)CC1. The summed E-state index contributed by atoms with van der Waals surface area (Å²) in [7, 11) is 1.71. The van der Waals surface area contributed by atoms with Crippen molar-refractivity contribution in [3.63, 3.8) is 0 Å². The smallest absolute Gasteiger partial charge is 0.222 e. The van der Waals surface area contributed by atoms with Crippen LogP contribution in [0.25, 0.3) is 10.9 Å². The molecule has 1 aliphatic rings. The Kier molecular flexibility index (Phi) is 4.10. The Balaban J connectivity index is 1.77. The van der Waals surface area contributed by atoms with Crippen molar-refractivity contribution in [3.05, 3.63) is 34.8 Å². The third-order valence-corrected chi connectivity index (χ3v) is 4.57. The minimum absolute atomic E-state index is 0.140. The standard InChI is InChI=1S/C16H18BrN3O/c1-18-16(21)12-6-8-20(9-7-12)15-5-3-11-2-4-13(17)10-14(11)19-15/h2-5,10,12H,6-9H2,1H3,(H,18,21). The fourth-order valence-electron chi connectivity index (χ4n) is 2.83. The molecule has 4 nitrogen and oxygen atoms in total. The third kappa shape index (κ3) is 3.02. The van der Waals surface area contributed by atoms with E-state index in [1.807, 2.05) is 12.1 Å². The van der Waals surface area contributed by atoms with Crippen LogP contribution in [0.1, 0.15) is 12.8 Å². The molecule has 1 N–H and O–H groups in total. The van der Waals surface area contributed by atoms with Crippen LogP contribution in [0.15, 0.2) is 34.8 Å². The Hall–Kier alpha value is -1.62.